The molecule has 0 aromatic heterocycles. The van der Waals surface area contributed by atoms with Crippen LogP contribution in [0.4, 0.5) is 24.5 Å². The Labute approximate surface area is 134 Å². The highest BCUT2D eigenvalue weighted by Crippen LogP contribution is 2.41. The predicted octanol–water partition coefficient (Wildman–Crippen LogP) is 1.90. The number of carbonyl (C=O) groups excluding carboxylic acids is 1. The molecule has 2 rings (SSSR count). The Morgan fingerprint density at radius 3 is 2.62 bits per heavy atom. The van der Waals surface area contributed by atoms with Crippen molar-refractivity contribution in [2.24, 2.45) is 0 Å². The van der Waals surface area contributed by atoms with E-state index < -0.39 is 40.8 Å². The van der Waals surface area contributed by atoms with Gasteiger partial charge in [0.25, 0.3) is 5.69 Å². The highest BCUT2D eigenvalue weighted by atomic mass is 19.4. The average molecular weight is 348 g/mol. The minimum absolute atomic E-state index is 0.0369. The third-order valence-corrected chi connectivity index (χ3v) is 3.77. The second kappa shape index (κ2) is 6.63. The summed E-state index contributed by atoms with van der Waals surface area (Å²) in [6.45, 7) is 0.369. The summed E-state index contributed by atoms with van der Waals surface area (Å²) in [5.41, 5.74) is -2.42. The number of alkyl halides is 3. The van der Waals surface area contributed by atoms with Gasteiger partial charge in [0.05, 0.1) is 24.6 Å². The summed E-state index contributed by atoms with van der Waals surface area (Å²) in [6, 6.07) is 1.41. The predicted molar refractivity (Wildman–Crippen MR) is 76.7 cm³/mol. The number of aliphatic hydroxyl groups is 1. The van der Waals surface area contributed by atoms with Crippen molar-refractivity contribution in [3.63, 3.8) is 0 Å². The maximum Gasteiger partial charge on any atom is 0.423 e. The maximum atomic E-state index is 13.1. The molecule has 0 amide bonds. The van der Waals surface area contributed by atoms with Crippen molar-refractivity contribution in [3.8, 4) is 0 Å². The number of benzene rings is 1. The monoisotopic (exact) mass is 348 g/mol. The number of aliphatic hydroxyl groups excluding tert-OH is 1. The van der Waals surface area contributed by atoms with E-state index in [1.165, 1.54) is 4.90 Å². The van der Waals surface area contributed by atoms with Crippen LogP contribution in [0.2, 0.25) is 0 Å². The van der Waals surface area contributed by atoms with E-state index in [1.807, 2.05) is 0 Å². The molecular formula is C14H15F3N2O5. The van der Waals surface area contributed by atoms with Crippen LogP contribution in [0.5, 0.6) is 0 Å². The van der Waals surface area contributed by atoms with Gasteiger partial charge in [0.1, 0.15) is 5.56 Å². The van der Waals surface area contributed by atoms with E-state index in [4.69, 9.17) is 0 Å². The van der Waals surface area contributed by atoms with E-state index in [1.54, 1.807) is 0 Å². The molecule has 1 aromatic rings. The molecule has 1 aromatic carbocycles. The summed E-state index contributed by atoms with van der Waals surface area (Å²) in [7, 11) is 1.11. The van der Waals surface area contributed by atoms with Gasteiger partial charge in [-0.1, -0.05) is 0 Å². The number of halogens is 3. The van der Waals surface area contributed by atoms with Crippen LogP contribution >= 0.6 is 0 Å². The van der Waals surface area contributed by atoms with Crippen molar-refractivity contribution in [2.45, 2.75) is 25.1 Å². The van der Waals surface area contributed by atoms with Crippen LogP contribution in [0.3, 0.4) is 0 Å². The lowest BCUT2D eigenvalue weighted by atomic mass is 10.0. The first-order valence-corrected chi connectivity index (χ1v) is 7.01. The summed E-state index contributed by atoms with van der Waals surface area (Å²) in [4.78, 5) is 22.8. The van der Waals surface area contributed by atoms with Crippen LogP contribution in [0.15, 0.2) is 12.1 Å². The van der Waals surface area contributed by atoms with Gasteiger partial charge in [-0.2, -0.15) is 13.2 Å². The zero-order valence-electron chi connectivity index (χ0n) is 12.7. The van der Waals surface area contributed by atoms with E-state index >= 15 is 0 Å². The first-order valence-electron chi connectivity index (χ1n) is 7.01. The lowest BCUT2D eigenvalue weighted by Gasteiger charge is -2.23. The lowest BCUT2D eigenvalue weighted by Crippen LogP contribution is -2.24. The minimum Gasteiger partial charge on any atom is -0.469 e. The molecule has 0 unspecified atom stereocenters. The van der Waals surface area contributed by atoms with Crippen molar-refractivity contribution in [2.75, 3.05) is 25.1 Å². The minimum atomic E-state index is -4.92. The Bertz CT molecular complexity index is 663. The fraction of sp³-hybridized carbons (Fsp3) is 0.500. The summed E-state index contributed by atoms with van der Waals surface area (Å²) >= 11 is 0. The molecule has 1 aliphatic rings. The normalized spacial score (nSPS) is 17.9. The van der Waals surface area contributed by atoms with E-state index in [0.29, 0.717) is 12.5 Å². The van der Waals surface area contributed by atoms with Gasteiger partial charge in [0.15, 0.2) is 0 Å². The quantitative estimate of drug-likeness (QED) is 0.507. The fourth-order valence-corrected chi connectivity index (χ4v) is 2.62. The fourth-order valence-electron chi connectivity index (χ4n) is 2.62. The van der Waals surface area contributed by atoms with Crippen LogP contribution in [0, 0.1) is 10.1 Å². The molecule has 10 heteroatoms. The summed E-state index contributed by atoms with van der Waals surface area (Å²) in [5, 5.41) is 20.6. The molecule has 0 bridgehead atoms. The molecule has 7 nitrogen and oxygen atoms in total. The van der Waals surface area contributed by atoms with Gasteiger partial charge in [-0.05, 0) is 18.1 Å². The van der Waals surface area contributed by atoms with Gasteiger partial charge in [0, 0.05) is 24.8 Å². The smallest absolute Gasteiger partial charge is 0.423 e. The first kappa shape index (κ1) is 18.0. The molecule has 1 heterocycles. The van der Waals surface area contributed by atoms with E-state index in [0.717, 1.165) is 13.2 Å². The lowest BCUT2D eigenvalue weighted by molar-refractivity contribution is -0.388. The molecule has 1 aliphatic heterocycles. The van der Waals surface area contributed by atoms with Crippen LogP contribution in [0.1, 0.15) is 17.5 Å². The Balaban J connectivity index is 2.60. The highest BCUT2D eigenvalue weighted by Gasteiger charge is 2.40. The number of hydrogen-bond donors (Lipinski definition) is 1. The van der Waals surface area contributed by atoms with E-state index in [-0.39, 0.29) is 24.3 Å². The number of nitro benzene ring substituents is 1. The van der Waals surface area contributed by atoms with Gasteiger partial charge in [-0.15, -0.1) is 0 Å². The second-order valence-corrected chi connectivity index (χ2v) is 5.39. The molecular weight excluding hydrogens is 333 g/mol. The second-order valence-electron chi connectivity index (χ2n) is 5.39. The zero-order valence-corrected chi connectivity index (χ0v) is 12.7. The number of nitro groups is 1. The number of ether oxygens (including phenoxy) is 1. The van der Waals surface area contributed by atoms with Gasteiger partial charge in [-0.3, -0.25) is 14.9 Å². The number of nitrogens with zero attached hydrogens (tertiary/aromatic N) is 2. The van der Waals surface area contributed by atoms with Gasteiger partial charge in [0.2, 0.25) is 0 Å². The highest BCUT2D eigenvalue weighted by molar-refractivity contribution is 5.77. The Hall–Kier alpha value is -2.36. The van der Waals surface area contributed by atoms with Crippen molar-refractivity contribution < 1.29 is 32.7 Å². The molecule has 1 saturated heterocycles. The number of esters is 1. The third kappa shape index (κ3) is 3.75. The number of carbonyl (C=O) groups is 1. The molecule has 1 atom stereocenters. The molecule has 132 valence electrons. The number of β-amino-alcohol motifs (C(OH)–C–C–N with tert-alkyl or cyclic N) is 1. The van der Waals surface area contributed by atoms with Crippen LogP contribution in [0.25, 0.3) is 0 Å². The number of methoxy groups -OCH3 is 1. The topological polar surface area (TPSA) is 92.9 Å². The Morgan fingerprint density at radius 1 is 1.50 bits per heavy atom. The summed E-state index contributed by atoms with van der Waals surface area (Å²) < 4.78 is 43.9. The molecule has 1 fully saturated rings. The molecule has 0 aliphatic carbocycles. The average Bonchev–Trinajstić information content (AvgIpc) is 2.91. The third-order valence-electron chi connectivity index (χ3n) is 3.77. The number of anilines is 1. The first-order chi connectivity index (χ1) is 11.1. The Kier molecular flexibility index (Phi) is 4.97. The van der Waals surface area contributed by atoms with Gasteiger partial charge < -0.3 is 14.7 Å². The van der Waals surface area contributed by atoms with Gasteiger partial charge in [-0.25, -0.2) is 0 Å². The van der Waals surface area contributed by atoms with Crippen molar-refractivity contribution in [3.05, 3.63) is 33.4 Å². The molecule has 0 spiro atoms. The van der Waals surface area contributed by atoms with E-state index in [2.05, 4.69) is 4.74 Å². The zero-order chi connectivity index (χ0) is 18.1. The van der Waals surface area contributed by atoms with Crippen LogP contribution < -0.4 is 4.90 Å². The molecule has 0 radical (unpaired) electrons. The van der Waals surface area contributed by atoms with Crippen molar-refractivity contribution >= 4 is 17.3 Å². The molecule has 1 N–H and O–H groups in total. The maximum absolute atomic E-state index is 13.1. The van der Waals surface area contributed by atoms with Crippen molar-refractivity contribution in [1.29, 1.82) is 0 Å². The summed E-state index contributed by atoms with van der Waals surface area (Å²) in [5.74, 6) is -0.731. The molecule has 24 heavy (non-hydrogen) atoms. The number of rotatable bonds is 4. The van der Waals surface area contributed by atoms with Crippen molar-refractivity contribution in [1.82, 2.24) is 0 Å². The van der Waals surface area contributed by atoms with Crippen LogP contribution in [-0.2, 0) is 22.1 Å². The molecule has 0 saturated carbocycles. The SMILES string of the molecule is COC(=O)Cc1cc([N+](=O)[O-])c(C(F)(F)F)cc1N1CC[C@@H](O)C1. The number of hydrogen-bond acceptors (Lipinski definition) is 6. The summed E-state index contributed by atoms with van der Waals surface area (Å²) in [6.07, 6.45) is -5.67. The van der Waals surface area contributed by atoms with Crippen LogP contribution in [-0.4, -0.2) is 42.3 Å². The van der Waals surface area contributed by atoms with E-state index in [9.17, 15) is 33.2 Å². The largest absolute Gasteiger partial charge is 0.469 e. The standard InChI is InChI=1S/C14H15F3N2O5/c1-24-13(21)5-8-4-12(19(22)23)10(14(15,16)17)6-11(8)18-3-2-9(20)7-18/h4,6,9,20H,2-3,5,7H2,1H3/t9-/m1/s1. The van der Waals surface area contributed by atoms with Gasteiger partial charge >= 0.3 is 12.1 Å². The Morgan fingerprint density at radius 2 is 2.17 bits per heavy atom.